The topological polar surface area (TPSA) is 3.24 Å². The SMILES string of the molecule is CN1CCC(Cc2ccc(C(F)(F)F)cc2)CC1. The van der Waals surface area contributed by atoms with E-state index in [1.807, 2.05) is 0 Å². The van der Waals surface area contributed by atoms with Crippen LogP contribution in [0.15, 0.2) is 24.3 Å². The van der Waals surface area contributed by atoms with Gasteiger partial charge in [0.2, 0.25) is 0 Å². The standard InChI is InChI=1S/C14H18F3N/c1-18-8-6-12(7-9-18)10-11-2-4-13(5-3-11)14(15,16)17/h2-5,12H,6-10H2,1H3. The van der Waals surface area contributed by atoms with Crippen molar-refractivity contribution in [3.63, 3.8) is 0 Å². The third kappa shape index (κ3) is 3.48. The molecular formula is C14H18F3N. The second kappa shape index (κ2) is 5.31. The first-order chi connectivity index (χ1) is 8.45. The molecule has 0 bridgehead atoms. The highest BCUT2D eigenvalue weighted by atomic mass is 19.4. The van der Waals surface area contributed by atoms with Crippen LogP contribution >= 0.6 is 0 Å². The second-order valence-corrected chi connectivity index (χ2v) is 5.15. The second-order valence-electron chi connectivity index (χ2n) is 5.15. The molecule has 1 aliphatic heterocycles. The molecule has 1 heterocycles. The Bertz CT molecular complexity index is 375. The molecule has 100 valence electrons. The first kappa shape index (κ1) is 13.4. The number of alkyl halides is 3. The quantitative estimate of drug-likeness (QED) is 0.782. The van der Waals surface area contributed by atoms with E-state index in [9.17, 15) is 13.2 Å². The Labute approximate surface area is 106 Å². The first-order valence-corrected chi connectivity index (χ1v) is 6.30. The fourth-order valence-corrected chi connectivity index (χ4v) is 2.43. The summed E-state index contributed by atoms with van der Waals surface area (Å²) < 4.78 is 37.2. The van der Waals surface area contributed by atoms with Gasteiger partial charge in [-0.1, -0.05) is 12.1 Å². The van der Waals surface area contributed by atoms with Gasteiger partial charge in [-0.05, 0) is 63.0 Å². The van der Waals surface area contributed by atoms with E-state index in [1.165, 1.54) is 12.1 Å². The van der Waals surface area contributed by atoms with Crippen molar-refractivity contribution in [3.8, 4) is 0 Å². The summed E-state index contributed by atoms with van der Waals surface area (Å²) in [7, 11) is 2.11. The summed E-state index contributed by atoms with van der Waals surface area (Å²) in [5.41, 5.74) is 0.451. The molecule has 0 spiro atoms. The molecule has 0 saturated carbocycles. The summed E-state index contributed by atoms with van der Waals surface area (Å²) in [6.45, 7) is 2.18. The molecule has 1 fully saturated rings. The third-order valence-corrected chi connectivity index (χ3v) is 3.64. The summed E-state index contributed by atoms with van der Waals surface area (Å²) in [4.78, 5) is 2.29. The zero-order valence-electron chi connectivity index (χ0n) is 10.5. The maximum absolute atomic E-state index is 12.4. The smallest absolute Gasteiger partial charge is 0.306 e. The lowest BCUT2D eigenvalue weighted by atomic mass is 9.90. The normalized spacial score (nSPS) is 19.1. The molecule has 1 saturated heterocycles. The molecule has 0 atom stereocenters. The Morgan fingerprint density at radius 3 is 2.17 bits per heavy atom. The van der Waals surface area contributed by atoms with E-state index in [2.05, 4.69) is 11.9 Å². The van der Waals surface area contributed by atoms with E-state index in [0.29, 0.717) is 5.92 Å². The van der Waals surface area contributed by atoms with Crippen molar-refractivity contribution in [2.24, 2.45) is 5.92 Å². The fourth-order valence-electron chi connectivity index (χ4n) is 2.43. The van der Waals surface area contributed by atoms with Gasteiger partial charge in [0.05, 0.1) is 5.56 Å². The molecular weight excluding hydrogens is 239 g/mol. The number of hydrogen-bond donors (Lipinski definition) is 0. The van der Waals surface area contributed by atoms with Gasteiger partial charge in [-0.2, -0.15) is 13.2 Å². The fraction of sp³-hybridized carbons (Fsp3) is 0.571. The number of benzene rings is 1. The van der Waals surface area contributed by atoms with E-state index in [0.717, 1.165) is 37.9 Å². The average molecular weight is 257 g/mol. The Morgan fingerprint density at radius 1 is 1.11 bits per heavy atom. The van der Waals surface area contributed by atoms with Crippen LogP contribution < -0.4 is 0 Å². The van der Waals surface area contributed by atoms with Crippen LogP contribution in [0.25, 0.3) is 0 Å². The monoisotopic (exact) mass is 257 g/mol. The Balaban J connectivity index is 1.94. The van der Waals surface area contributed by atoms with Crippen LogP contribution in [0.5, 0.6) is 0 Å². The van der Waals surface area contributed by atoms with Crippen LogP contribution in [-0.2, 0) is 12.6 Å². The molecule has 0 aromatic heterocycles. The van der Waals surface area contributed by atoms with Gasteiger partial charge in [0.1, 0.15) is 0 Å². The molecule has 1 aliphatic rings. The van der Waals surface area contributed by atoms with E-state index >= 15 is 0 Å². The van der Waals surface area contributed by atoms with Gasteiger partial charge >= 0.3 is 6.18 Å². The number of likely N-dealkylation sites (tertiary alicyclic amines) is 1. The Kier molecular flexibility index (Phi) is 3.95. The number of halogens is 3. The largest absolute Gasteiger partial charge is 0.416 e. The predicted molar refractivity (Wildman–Crippen MR) is 65.4 cm³/mol. The predicted octanol–water partition coefficient (Wildman–Crippen LogP) is 3.59. The minimum absolute atomic E-state index is 0.561. The number of nitrogens with zero attached hydrogens (tertiary/aromatic N) is 1. The zero-order valence-corrected chi connectivity index (χ0v) is 10.5. The molecule has 1 aromatic rings. The molecule has 0 radical (unpaired) electrons. The lowest BCUT2D eigenvalue weighted by Crippen LogP contribution is -2.30. The van der Waals surface area contributed by atoms with Crippen LogP contribution in [0.1, 0.15) is 24.0 Å². The Morgan fingerprint density at radius 2 is 1.67 bits per heavy atom. The van der Waals surface area contributed by atoms with Crippen LogP contribution in [-0.4, -0.2) is 25.0 Å². The molecule has 0 unspecified atom stereocenters. The summed E-state index contributed by atoms with van der Waals surface area (Å²) in [5.74, 6) is 0.609. The highest BCUT2D eigenvalue weighted by Crippen LogP contribution is 2.30. The molecule has 0 N–H and O–H groups in total. The van der Waals surface area contributed by atoms with Crippen molar-refractivity contribution in [2.45, 2.75) is 25.4 Å². The van der Waals surface area contributed by atoms with Crippen molar-refractivity contribution in [1.82, 2.24) is 4.90 Å². The summed E-state index contributed by atoms with van der Waals surface area (Å²) in [6, 6.07) is 5.59. The molecule has 4 heteroatoms. The molecule has 1 nitrogen and oxygen atoms in total. The van der Waals surface area contributed by atoms with Gasteiger partial charge in [-0.3, -0.25) is 0 Å². The molecule has 0 amide bonds. The molecule has 18 heavy (non-hydrogen) atoms. The van der Waals surface area contributed by atoms with Gasteiger partial charge in [0.25, 0.3) is 0 Å². The average Bonchev–Trinajstić information content (AvgIpc) is 2.32. The lowest BCUT2D eigenvalue weighted by molar-refractivity contribution is -0.137. The van der Waals surface area contributed by atoms with Crippen molar-refractivity contribution >= 4 is 0 Å². The first-order valence-electron chi connectivity index (χ1n) is 6.30. The third-order valence-electron chi connectivity index (χ3n) is 3.64. The van der Waals surface area contributed by atoms with Gasteiger partial charge in [0.15, 0.2) is 0 Å². The van der Waals surface area contributed by atoms with Crippen LogP contribution in [0.3, 0.4) is 0 Å². The Hall–Kier alpha value is -1.03. The van der Waals surface area contributed by atoms with Crippen LogP contribution in [0.4, 0.5) is 13.2 Å². The lowest BCUT2D eigenvalue weighted by Gasteiger charge is -2.29. The summed E-state index contributed by atoms with van der Waals surface area (Å²) in [5, 5.41) is 0. The molecule has 0 aliphatic carbocycles. The minimum atomic E-state index is -4.23. The van der Waals surface area contributed by atoms with Crippen LogP contribution in [0.2, 0.25) is 0 Å². The van der Waals surface area contributed by atoms with Crippen molar-refractivity contribution in [1.29, 1.82) is 0 Å². The minimum Gasteiger partial charge on any atom is -0.306 e. The summed E-state index contributed by atoms with van der Waals surface area (Å²) >= 11 is 0. The number of piperidine rings is 1. The van der Waals surface area contributed by atoms with Gasteiger partial charge in [-0.15, -0.1) is 0 Å². The maximum Gasteiger partial charge on any atom is 0.416 e. The van der Waals surface area contributed by atoms with E-state index < -0.39 is 11.7 Å². The van der Waals surface area contributed by atoms with Crippen molar-refractivity contribution in [2.75, 3.05) is 20.1 Å². The van der Waals surface area contributed by atoms with Gasteiger partial charge < -0.3 is 4.90 Å². The van der Waals surface area contributed by atoms with Gasteiger partial charge in [-0.25, -0.2) is 0 Å². The molecule has 1 aromatic carbocycles. The highest BCUT2D eigenvalue weighted by Gasteiger charge is 2.30. The highest BCUT2D eigenvalue weighted by molar-refractivity contribution is 5.24. The maximum atomic E-state index is 12.4. The molecule has 2 rings (SSSR count). The van der Waals surface area contributed by atoms with E-state index in [-0.39, 0.29) is 0 Å². The van der Waals surface area contributed by atoms with E-state index in [4.69, 9.17) is 0 Å². The van der Waals surface area contributed by atoms with Crippen LogP contribution in [0, 0.1) is 5.92 Å². The number of rotatable bonds is 2. The van der Waals surface area contributed by atoms with Crippen molar-refractivity contribution in [3.05, 3.63) is 35.4 Å². The number of hydrogen-bond acceptors (Lipinski definition) is 1. The van der Waals surface area contributed by atoms with Crippen molar-refractivity contribution < 1.29 is 13.2 Å². The van der Waals surface area contributed by atoms with Gasteiger partial charge in [0, 0.05) is 0 Å². The summed E-state index contributed by atoms with van der Waals surface area (Å²) in [6.07, 6.45) is -1.06. The zero-order chi connectivity index (χ0) is 13.2. The van der Waals surface area contributed by atoms with E-state index in [1.54, 1.807) is 12.1 Å².